The zero-order chi connectivity index (χ0) is 18.2. The summed E-state index contributed by atoms with van der Waals surface area (Å²) in [4.78, 5) is 4.96. The van der Waals surface area contributed by atoms with E-state index in [9.17, 15) is 21.6 Å². The van der Waals surface area contributed by atoms with Crippen LogP contribution >= 0.6 is 11.3 Å². The van der Waals surface area contributed by atoms with E-state index in [2.05, 4.69) is 10.1 Å². The quantitative estimate of drug-likeness (QED) is 0.796. The van der Waals surface area contributed by atoms with Crippen LogP contribution in [-0.2, 0) is 29.1 Å². The molecule has 6 nitrogen and oxygen atoms in total. The molecule has 3 heterocycles. The monoisotopic (exact) mass is 394 g/mol. The van der Waals surface area contributed by atoms with Crippen LogP contribution in [0.4, 0.5) is 13.2 Å². The topological polar surface area (TPSA) is 68.1 Å². The molecule has 3 rings (SSSR count). The molecule has 25 heavy (non-hydrogen) atoms. The van der Waals surface area contributed by atoms with Crippen molar-refractivity contribution in [3.8, 4) is 0 Å². The van der Waals surface area contributed by atoms with Crippen LogP contribution in [0.25, 0.3) is 0 Å². The molecule has 0 amide bonds. The van der Waals surface area contributed by atoms with Gasteiger partial charge in [-0.2, -0.15) is 18.3 Å². The van der Waals surface area contributed by atoms with Gasteiger partial charge < -0.3 is 0 Å². The second-order valence-corrected chi connectivity index (χ2v) is 9.19. The standard InChI is InChI=1S/C14H17F3N4O2S2/c1-2-21-7-10(5-19-21)11-9-25(22,23)4-3-20(11)8-13-18-6-12(24-13)14(15,16)17/h5-7,11H,2-4,8-9H2,1H3. The third-order valence-electron chi connectivity index (χ3n) is 4.08. The predicted molar refractivity (Wildman–Crippen MR) is 86.8 cm³/mol. The summed E-state index contributed by atoms with van der Waals surface area (Å²) in [6.45, 7) is 3.00. The maximum atomic E-state index is 12.7. The Morgan fingerprint density at radius 1 is 1.36 bits per heavy atom. The van der Waals surface area contributed by atoms with E-state index in [0.29, 0.717) is 22.9 Å². The molecule has 138 valence electrons. The lowest BCUT2D eigenvalue weighted by molar-refractivity contribution is -0.134. The number of hydrogen-bond donors (Lipinski definition) is 0. The van der Waals surface area contributed by atoms with Crippen molar-refractivity contribution in [2.45, 2.75) is 32.2 Å². The van der Waals surface area contributed by atoms with Gasteiger partial charge >= 0.3 is 6.18 Å². The Kier molecular flexibility index (Phi) is 4.91. The number of rotatable bonds is 4. The van der Waals surface area contributed by atoms with Crippen molar-refractivity contribution < 1.29 is 21.6 Å². The molecule has 0 aromatic carbocycles. The molecule has 11 heteroatoms. The predicted octanol–water partition coefficient (Wildman–Crippen LogP) is 2.35. The first-order valence-electron chi connectivity index (χ1n) is 7.66. The van der Waals surface area contributed by atoms with E-state index in [1.807, 2.05) is 11.8 Å². The Bertz CT molecular complexity index is 844. The van der Waals surface area contributed by atoms with E-state index in [0.717, 1.165) is 11.8 Å². The minimum atomic E-state index is -4.41. The number of aromatic nitrogens is 3. The Morgan fingerprint density at radius 3 is 2.72 bits per heavy atom. The summed E-state index contributed by atoms with van der Waals surface area (Å²) in [5.74, 6) is -0.0805. The maximum Gasteiger partial charge on any atom is 0.427 e. The summed E-state index contributed by atoms with van der Waals surface area (Å²) in [5.41, 5.74) is 0.748. The van der Waals surface area contributed by atoms with Crippen molar-refractivity contribution in [1.82, 2.24) is 19.7 Å². The number of sulfone groups is 1. The molecule has 1 aliphatic heterocycles. The van der Waals surface area contributed by atoms with Gasteiger partial charge in [-0.15, -0.1) is 11.3 Å². The molecule has 0 bridgehead atoms. The van der Waals surface area contributed by atoms with Crippen LogP contribution in [-0.4, -0.2) is 46.1 Å². The van der Waals surface area contributed by atoms with Crippen molar-refractivity contribution in [2.24, 2.45) is 0 Å². The third-order valence-corrected chi connectivity index (χ3v) is 6.73. The van der Waals surface area contributed by atoms with Crippen LogP contribution in [0.1, 0.15) is 28.4 Å². The first-order valence-corrected chi connectivity index (χ1v) is 10.3. The van der Waals surface area contributed by atoms with E-state index in [1.54, 1.807) is 17.1 Å². The number of hydrogen-bond acceptors (Lipinski definition) is 6. The SMILES string of the molecule is CCn1cc(C2CS(=O)(=O)CCN2Cc2ncc(C(F)(F)F)s2)cn1. The summed E-state index contributed by atoms with van der Waals surface area (Å²) in [7, 11) is -3.20. The van der Waals surface area contributed by atoms with Gasteiger partial charge in [0.05, 0.1) is 36.5 Å². The summed E-state index contributed by atoms with van der Waals surface area (Å²) in [6, 6.07) is -0.433. The lowest BCUT2D eigenvalue weighted by Gasteiger charge is -2.34. The van der Waals surface area contributed by atoms with Crippen LogP contribution in [0.3, 0.4) is 0 Å². The van der Waals surface area contributed by atoms with Crippen molar-refractivity contribution in [3.05, 3.63) is 34.0 Å². The summed E-state index contributed by atoms with van der Waals surface area (Å²) in [5, 5.41) is 4.49. The first-order chi connectivity index (χ1) is 11.7. The Balaban J connectivity index is 1.83. The van der Waals surface area contributed by atoms with Gasteiger partial charge in [0, 0.05) is 24.8 Å². The van der Waals surface area contributed by atoms with Crippen LogP contribution in [0, 0.1) is 0 Å². The van der Waals surface area contributed by atoms with E-state index in [4.69, 9.17) is 0 Å². The summed E-state index contributed by atoms with van der Waals surface area (Å²) >= 11 is 0.592. The van der Waals surface area contributed by atoms with Crippen molar-refractivity contribution in [1.29, 1.82) is 0 Å². The molecule has 0 radical (unpaired) electrons. The van der Waals surface area contributed by atoms with E-state index < -0.39 is 26.9 Å². The summed E-state index contributed by atoms with van der Waals surface area (Å²) < 4.78 is 63.9. The highest BCUT2D eigenvalue weighted by Gasteiger charge is 2.36. The molecular formula is C14H17F3N4O2S2. The molecule has 2 aromatic rings. The van der Waals surface area contributed by atoms with Gasteiger partial charge in [-0.25, -0.2) is 13.4 Å². The van der Waals surface area contributed by atoms with Crippen LogP contribution in [0.5, 0.6) is 0 Å². The van der Waals surface area contributed by atoms with Gasteiger partial charge in [0.15, 0.2) is 9.84 Å². The van der Waals surface area contributed by atoms with E-state index in [1.165, 1.54) is 0 Å². The molecule has 1 fully saturated rings. The van der Waals surface area contributed by atoms with E-state index >= 15 is 0 Å². The second-order valence-electron chi connectivity index (χ2n) is 5.85. The molecule has 0 N–H and O–H groups in total. The van der Waals surface area contributed by atoms with Crippen LogP contribution < -0.4 is 0 Å². The lowest BCUT2D eigenvalue weighted by Crippen LogP contribution is -2.42. The van der Waals surface area contributed by atoms with E-state index in [-0.39, 0.29) is 24.6 Å². The molecule has 1 atom stereocenters. The minimum absolute atomic E-state index is 0.0110. The average Bonchev–Trinajstić information content (AvgIpc) is 3.17. The average molecular weight is 394 g/mol. The molecule has 1 aliphatic rings. The van der Waals surface area contributed by atoms with Gasteiger partial charge in [0.2, 0.25) is 0 Å². The highest BCUT2D eigenvalue weighted by Crippen LogP contribution is 2.35. The number of thiazole rings is 1. The van der Waals surface area contributed by atoms with Gasteiger partial charge in [-0.3, -0.25) is 9.58 Å². The van der Waals surface area contributed by atoms with Crippen LogP contribution in [0.15, 0.2) is 18.6 Å². The number of aryl methyl sites for hydroxylation is 1. The molecule has 1 saturated heterocycles. The van der Waals surface area contributed by atoms with Crippen molar-refractivity contribution in [3.63, 3.8) is 0 Å². The van der Waals surface area contributed by atoms with Gasteiger partial charge in [-0.1, -0.05) is 0 Å². The van der Waals surface area contributed by atoms with Crippen molar-refractivity contribution >= 4 is 21.2 Å². The zero-order valence-corrected chi connectivity index (χ0v) is 15.0. The number of nitrogens with zero attached hydrogens (tertiary/aromatic N) is 4. The molecule has 0 aliphatic carbocycles. The minimum Gasteiger partial charge on any atom is -0.288 e. The lowest BCUT2D eigenvalue weighted by atomic mass is 10.1. The Labute approximate surface area is 147 Å². The Hall–Kier alpha value is -1.46. The number of halogens is 3. The molecular weight excluding hydrogens is 377 g/mol. The molecule has 0 saturated carbocycles. The van der Waals surface area contributed by atoms with Gasteiger partial charge in [-0.05, 0) is 6.92 Å². The number of alkyl halides is 3. The summed E-state index contributed by atoms with van der Waals surface area (Å²) in [6.07, 6.45) is -0.194. The molecule has 2 aromatic heterocycles. The largest absolute Gasteiger partial charge is 0.427 e. The first kappa shape index (κ1) is 18.3. The third kappa shape index (κ3) is 4.21. The smallest absolute Gasteiger partial charge is 0.288 e. The van der Waals surface area contributed by atoms with Crippen molar-refractivity contribution in [2.75, 3.05) is 18.1 Å². The second kappa shape index (κ2) is 6.69. The fourth-order valence-electron chi connectivity index (χ4n) is 2.75. The van der Waals surface area contributed by atoms with Gasteiger partial charge in [0.25, 0.3) is 0 Å². The highest BCUT2D eigenvalue weighted by atomic mass is 32.2. The van der Waals surface area contributed by atoms with Gasteiger partial charge in [0.1, 0.15) is 9.88 Å². The van der Waals surface area contributed by atoms with Crippen LogP contribution in [0.2, 0.25) is 0 Å². The normalized spacial score (nSPS) is 21.5. The Morgan fingerprint density at radius 2 is 2.12 bits per heavy atom. The maximum absolute atomic E-state index is 12.7. The highest BCUT2D eigenvalue weighted by molar-refractivity contribution is 7.91. The fourth-order valence-corrected chi connectivity index (χ4v) is 5.12. The fraction of sp³-hybridized carbons (Fsp3) is 0.571. The molecule has 0 spiro atoms. The zero-order valence-electron chi connectivity index (χ0n) is 13.4. The molecule has 1 unspecified atom stereocenters.